The first-order valence-corrected chi connectivity index (χ1v) is 9.39. The summed E-state index contributed by atoms with van der Waals surface area (Å²) in [5.74, 6) is -0.550. The van der Waals surface area contributed by atoms with Gasteiger partial charge in [0, 0.05) is 16.7 Å². The molecular formula is C19H16IN3O3. The van der Waals surface area contributed by atoms with E-state index in [0.717, 1.165) is 3.57 Å². The van der Waals surface area contributed by atoms with Crippen LogP contribution in [0.4, 0.5) is 5.69 Å². The summed E-state index contributed by atoms with van der Waals surface area (Å²) in [6.07, 6.45) is 0. The lowest BCUT2D eigenvalue weighted by atomic mass is 10.1. The van der Waals surface area contributed by atoms with Gasteiger partial charge in [-0.1, -0.05) is 24.3 Å². The van der Waals surface area contributed by atoms with E-state index in [9.17, 15) is 14.4 Å². The fourth-order valence-corrected chi connectivity index (χ4v) is 4.01. The molecule has 0 radical (unpaired) electrons. The van der Waals surface area contributed by atoms with Gasteiger partial charge in [0.15, 0.2) is 0 Å². The second-order valence-corrected chi connectivity index (χ2v) is 7.44. The lowest BCUT2D eigenvalue weighted by Crippen LogP contribution is -2.59. The maximum Gasteiger partial charge on any atom is 0.256 e. The average molecular weight is 461 g/mol. The number of carbonyl (C=O) groups excluding carboxylic acids is 3. The van der Waals surface area contributed by atoms with E-state index in [0.29, 0.717) is 29.9 Å². The topological polar surface area (TPSA) is 69.7 Å². The first-order chi connectivity index (χ1) is 12.6. The van der Waals surface area contributed by atoms with E-state index >= 15 is 0 Å². The molecule has 6 nitrogen and oxygen atoms in total. The number of benzene rings is 2. The molecule has 1 N–H and O–H groups in total. The number of nitrogens with zero attached hydrogens (tertiary/aromatic N) is 2. The van der Waals surface area contributed by atoms with Crippen molar-refractivity contribution in [3.8, 4) is 0 Å². The fraction of sp³-hybridized carbons (Fsp3) is 0.211. The highest BCUT2D eigenvalue weighted by molar-refractivity contribution is 14.1. The number of halogens is 1. The summed E-state index contributed by atoms with van der Waals surface area (Å²) in [6.45, 7) is 0.928. The Hall–Kier alpha value is -2.42. The molecule has 0 unspecified atom stereocenters. The Kier molecular flexibility index (Phi) is 4.39. The zero-order chi connectivity index (χ0) is 18.3. The molecular weight excluding hydrogens is 445 g/mol. The van der Waals surface area contributed by atoms with Gasteiger partial charge in [0.2, 0.25) is 5.91 Å². The van der Waals surface area contributed by atoms with Gasteiger partial charge in [0.1, 0.15) is 6.04 Å². The largest absolute Gasteiger partial charge is 0.334 e. The third-order valence-corrected chi connectivity index (χ3v) is 5.69. The van der Waals surface area contributed by atoms with Crippen molar-refractivity contribution in [2.75, 3.05) is 25.0 Å². The van der Waals surface area contributed by atoms with Crippen molar-refractivity contribution in [3.63, 3.8) is 0 Å². The summed E-state index contributed by atoms with van der Waals surface area (Å²) in [6, 6.07) is 13.7. The number of carbonyl (C=O) groups is 3. The molecule has 4 rings (SSSR count). The molecule has 0 bridgehead atoms. The normalized spacial score (nSPS) is 19.3. The minimum absolute atomic E-state index is 0.114. The predicted octanol–water partition coefficient (Wildman–Crippen LogP) is 2.21. The van der Waals surface area contributed by atoms with Gasteiger partial charge in [0.25, 0.3) is 11.8 Å². The van der Waals surface area contributed by atoms with Crippen molar-refractivity contribution >= 4 is 46.0 Å². The Morgan fingerprint density at radius 1 is 1.04 bits per heavy atom. The number of nitrogens with one attached hydrogen (secondary N) is 1. The highest BCUT2D eigenvalue weighted by Crippen LogP contribution is 2.26. The maximum absolute atomic E-state index is 12.9. The van der Waals surface area contributed by atoms with Gasteiger partial charge in [0.05, 0.1) is 23.4 Å². The standard InChI is InChI=1S/C19H16IN3O3/c20-14-7-3-1-5-12(14)18(25)22-9-10-23-16(11-22)17(24)21-15-8-4-2-6-13(15)19(23)26/h1-8,16H,9-11H2,(H,21,24)/t16-/m0/s1. The van der Waals surface area contributed by atoms with E-state index in [4.69, 9.17) is 0 Å². The number of fused-ring (bicyclic) bond motifs is 2. The molecule has 1 atom stereocenters. The molecule has 132 valence electrons. The van der Waals surface area contributed by atoms with Crippen LogP contribution in [0.15, 0.2) is 48.5 Å². The summed E-state index contributed by atoms with van der Waals surface area (Å²) in [5, 5.41) is 2.82. The highest BCUT2D eigenvalue weighted by Gasteiger charge is 2.40. The molecule has 0 saturated carbocycles. The van der Waals surface area contributed by atoms with E-state index in [1.807, 2.05) is 18.2 Å². The summed E-state index contributed by atoms with van der Waals surface area (Å²) in [7, 11) is 0. The number of amides is 3. The van der Waals surface area contributed by atoms with Gasteiger partial charge < -0.3 is 15.1 Å². The number of anilines is 1. The number of hydrogen-bond acceptors (Lipinski definition) is 3. The van der Waals surface area contributed by atoms with Gasteiger partial charge in [-0.3, -0.25) is 14.4 Å². The van der Waals surface area contributed by atoms with Gasteiger partial charge >= 0.3 is 0 Å². The molecule has 0 aliphatic carbocycles. The highest BCUT2D eigenvalue weighted by atomic mass is 127. The molecule has 0 aromatic heterocycles. The number of piperazine rings is 1. The third-order valence-electron chi connectivity index (χ3n) is 4.75. The molecule has 26 heavy (non-hydrogen) atoms. The molecule has 2 aliphatic rings. The minimum atomic E-state index is -0.686. The summed E-state index contributed by atoms with van der Waals surface area (Å²) in [5.41, 5.74) is 1.62. The van der Waals surface area contributed by atoms with Gasteiger partial charge in [-0.15, -0.1) is 0 Å². The molecule has 3 amide bonds. The van der Waals surface area contributed by atoms with E-state index in [-0.39, 0.29) is 24.3 Å². The molecule has 2 aromatic rings. The van der Waals surface area contributed by atoms with Crippen molar-refractivity contribution < 1.29 is 14.4 Å². The molecule has 2 heterocycles. The van der Waals surface area contributed by atoms with Crippen LogP contribution in [0.2, 0.25) is 0 Å². The lowest BCUT2D eigenvalue weighted by Gasteiger charge is -2.39. The van der Waals surface area contributed by atoms with Crippen LogP contribution in [0, 0.1) is 3.57 Å². The van der Waals surface area contributed by atoms with Crippen LogP contribution in [0.5, 0.6) is 0 Å². The Morgan fingerprint density at radius 3 is 2.58 bits per heavy atom. The van der Waals surface area contributed by atoms with Crippen LogP contribution in [-0.4, -0.2) is 53.2 Å². The summed E-state index contributed by atoms with van der Waals surface area (Å²) >= 11 is 2.13. The lowest BCUT2D eigenvalue weighted by molar-refractivity contribution is -0.121. The smallest absolute Gasteiger partial charge is 0.256 e. The first kappa shape index (κ1) is 17.0. The van der Waals surface area contributed by atoms with Crippen molar-refractivity contribution in [2.24, 2.45) is 0 Å². The van der Waals surface area contributed by atoms with Crippen LogP contribution in [-0.2, 0) is 4.79 Å². The van der Waals surface area contributed by atoms with Crippen molar-refractivity contribution in [1.82, 2.24) is 9.80 Å². The van der Waals surface area contributed by atoms with E-state index in [2.05, 4.69) is 27.9 Å². The average Bonchev–Trinajstić information content (AvgIpc) is 2.77. The molecule has 7 heteroatoms. The number of hydrogen-bond donors (Lipinski definition) is 1. The zero-order valence-corrected chi connectivity index (χ0v) is 16.0. The summed E-state index contributed by atoms with van der Waals surface area (Å²) < 4.78 is 0.867. The predicted molar refractivity (Wildman–Crippen MR) is 105 cm³/mol. The van der Waals surface area contributed by atoms with Crippen molar-refractivity contribution in [2.45, 2.75) is 6.04 Å². The van der Waals surface area contributed by atoms with Crippen LogP contribution >= 0.6 is 22.6 Å². The van der Waals surface area contributed by atoms with Gasteiger partial charge in [-0.25, -0.2) is 0 Å². The Balaban J connectivity index is 1.61. The second kappa shape index (κ2) is 6.71. The van der Waals surface area contributed by atoms with Gasteiger partial charge in [-0.2, -0.15) is 0 Å². The summed E-state index contributed by atoms with van der Waals surface area (Å²) in [4.78, 5) is 41.6. The SMILES string of the molecule is O=C1Nc2ccccc2C(=O)N2CCN(C(=O)c3ccccc3I)C[C@@H]12. The molecule has 1 saturated heterocycles. The van der Waals surface area contributed by atoms with E-state index in [1.165, 1.54) is 0 Å². The second-order valence-electron chi connectivity index (χ2n) is 6.28. The molecule has 2 aliphatic heterocycles. The van der Waals surface area contributed by atoms with E-state index < -0.39 is 6.04 Å². The monoisotopic (exact) mass is 461 g/mol. The number of rotatable bonds is 1. The zero-order valence-electron chi connectivity index (χ0n) is 13.8. The number of para-hydroxylation sites is 1. The van der Waals surface area contributed by atoms with Crippen molar-refractivity contribution in [3.05, 3.63) is 63.2 Å². The van der Waals surface area contributed by atoms with E-state index in [1.54, 1.807) is 40.1 Å². The minimum Gasteiger partial charge on any atom is -0.334 e. The van der Waals surface area contributed by atoms with Crippen molar-refractivity contribution in [1.29, 1.82) is 0 Å². The molecule has 0 spiro atoms. The van der Waals surface area contributed by atoms with Crippen LogP contribution in [0.25, 0.3) is 0 Å². The molecule has 2 aromatic carbocycles. The Bertz CT molecular complexity index is 914. The Morgan fingerprint density at radius 2 is 1.77 bits per heavy atom. The van der Waals surface area contributed by atoms with Crippen LogP contribution < -0.4 is 5.32 Å². The third kappa shape index (κ3) is 2.86. The quantitative estimate of drug-likeness (QED) is 0.663. The Labute approximate surface area is 164 Å². The first-order valence-electron chi connectivity index (χ1n) is 8.31. The van der Waals surface area contributed by atoms with Crippen LogP contribution in [0.1, 0.15) is 20.7 Å². The van der Waals surface area contributed by atoms with Crippen LogP contribution in [0.3, 0.4) is 0 Å². The maximum atomic E-state index is 12.9. The van der Waals surface area contributed by atoms with Gasteiger partial charge in [-0.05, 0) is 46.9 Å². The molecule has 1 fully saturated rings. The fourth-order valence-electron chi connectivity index (χ4n) is 3.39.